The van der Waals surface area contributed by atoms with Gasteiger partial charge < -0.3 is 14.8 Å². The van der Waals surface area contributed by atoms with Gasteiger partial charge >= 0.3 is 0 Å². The fraction of sp³-hybridized carbons (Fsp3) is 0.478. The first-order valence-electron chi connectivity index (χ1n) is 10.4. The Morgan fingerprint density at radius 3 is 2.72 bits per heavy atom. The molecule has 1 aliphatic heterocycles. The zero-order valence-electron chi connectivity index (χ0n) is 17.2. The van der Waals surface area contributed by atoms with Crippen LogP contribution < -0.4 is 14.8 Å². The Morgan fingerprint density at radius 1 is 1.10 bits per heavy atom. The molecule has 1 aliphatic rings. The highest BCUT2D eigenvalue weighted by Gasteiger charge is 2.22. The van der Waals surface area contributed by atoms with E-state index in [-0.39, 0.29) is 0 Å². The molecule has 29 heavy (non-hydrogen) atoms. The zero-order valence-corrected chi connectivity index (χ0v) is 18.7. The Hall–Kier alpha value is -1.46. The van der Waals surface area contributed by atoms with Crippen LogP contribution in [-0.2, 0) is 13.2 Å². The fourth-order valence-corrected chi connectivity index (χ4v) is 4.30. The Bertz CT molecular complexity index is 800. The summed E-state index contributed by atoms with van der Waals surface area (Å²) in [5.74, 6) is 1.53. The third kappa shape index (κ3) is 6.02. The van der Waals surface area contributed by atoms with Crippen molar-refractivity contribution in [2.24, 2.45) is 0 Å². The summed E-state index contributed by atoms with van der Waals surface area (Å²) in [4.78, 5) is 2.55. The lowest BCUT2D eigenvalue weighted by Gasteiger charge is -2.23. The summed E-state index contributed by atoms with van der Waals surface area (Å²) in [7, 11) is 0. The van der Waals surface area contributed by atoms with Gasteiger partial charge in [-0.05, 0) is 51.1 Å². The SMILES string of the molecule is CCOc1cccc(CNC[C@H]2CCCN2CC)c1OCc1ccc(Cl)cc1Cl. The van der Waals surface area contributed by atoms with E-state index < -0.39 is 0 Å². The molecule has 0 aromatic heterocycles. The minimum atomic E-state index is 0.360. The molecule has 2 aromatic rings. The molecule has 1 fully saturated rings. The third-order valence-corrected chi connectivity index (χ3v) is 5.94. The van der Waals surface area contributed by atoms with Crippen LogP contribution in [0.3, 0.4) is 0 Å². The number of hydrogen-bond acceptors (Lipinski definition) is 4. The number of halogens is 2. The molecule has 4 nitrogen and oxygen atoms in total. The number of hydrogen-bond donors (Lipinski definition) is 1. The van der Waals surface area contributed by atoms with Gasteiger partial charge in [0.25, 0.3) is 0 Å². The Kier molecular flexibility index (Phi) is 8.49. The smallest absolute Gasteiger partial charge is 0.166 e. The molecule has 0 radical (unpaired) electrons. The fourth-order valence-electron chi connectivity index (χ4n) is 3.84. The molecule has 0 unspecified atom stereocenters. The van der Waals surface area contributed by atoms with Gasteiger partial charge in [0.1, 0.15) is 6.61 Å². The van der Waals surface area contributed by atoms with E-state index in [0.29, 0.717) is 29.3 Å². The number of benzene rings is 2. The molecular formula is C23H30Cl2N2O2. The summed E-state index contributed by atoms with van der Waals surface area (Å²) in [5, 5.41) is 4.83. The van der Waals surface area contributed by atoms with Crippen molar-refractivity contribution in [2.45, 2.75) is 45.9 Å². The van der Waals surface area contributed by atoms with E-state index in [1.807, 2.05) is 31.2 Å². The molecular weight excluding hydrogens is 407 g/mol. The number of rotatable bonds is 10. The van der Waals surface area contributed by atoms with Crippen LogP contribution in [-0.4, -0.2) is 37.2 Å². The van der Waals surface area contributed by atoms with Crippen LogP contribution in [0.5, 0.6) is 11.5 Å². The van der Waals surface area contributed by atoms with Crippen molar-refractivity contribution in [2.75, 3.05) is 26.2 Å². The predicted octanol–water partition coefficient (Wildman–Crippen LogP) is 5.55. The van der Waals surface area contributed by atoms with Gasteiger partial charge in [-0.1, -0.05) is 48.3 Å². The van der Waals surface area contributed by atoms with Gasteiger partial charge in [0.2, 0.25) is 0 Å². The predicted molar refractivity (Wildman–Crippen MR) is 120 cm³/mol. The molecule has 0 saturated carbocycles. The summed E-state index contributed by atoms with van der Waals surface area (Å²) >= 11 is 12.3. The quantitative estimate of drug-likeness (QED) is 0.529. The molecule has 158 valence electrons. The van der Waals surface area contributed by atoms with Crippen LogP contribution >= 0.6 is 23.2 Å². The first-order valence-corrected chi connectivity index (χ1v) is 11.1. The molecule has 1 atom stereocenters. The minimum Gasteiger partial charge on any atom is -0.490 e. The van der Waals surface area contributed by atoms with Crippen molar-refractivity contribution in [3.05, 3.63) is 57.6 Å². The first-order chi connectivity index (χ1) is 14.1. The summed E-state index contributed by atoms with van der Waals surface area (Å²) in [6.45, 7) is 9.19. The second-order valence-corrected chi connectivity index (χ2v) is 8.10. The van der Waals surface area contributed by atoms with Crippen LogP contribution in [0.4, 0.5) is 0 Å². The minimum absolute atomic E-state index is 0.360. The molecule has 1 saturated heterocycles. The van der Waals surface area contributed by atoms with Crippen molar-refractivity contribution < 1.29 is 9.47 Å². The van der Waals surface area contributed by atoms with Gasteiger partial charge in [-0.3, -0.25) is 4.90 Å². The van der Waals surface area contributed by atoms with Crippen LogP contribution in [0.2, 0.25) is 10.0 Å². The number of nitrogens with zero attached hydrogens (tertiary/aromatic N) is 1. The molecule has 2 aromatic carbocycles. The number of ether oxygens (including phenoxy) is 2. The first kappa shape index (κ1) is 22.2. The lowest BCUT2D eigenvalue weighted by Crippen LogP contribution is -2.37. The van der Waals surface area contributed by atoms with Crippen LogP contribution in [0.1, 0.15) is 37.8 Å². The monoisotopic (exact) mass is 436 g/mol. The number of nitrogens with one attached hydrogen (secondary N) is 1. The molecule has 1 heterocycles. The van der Waals surface area contributed by atoms with Gasteiger partial charge in [0.05, 0.1) is 6.61 Å². The van der Waals surface area contributed by atoms with E-state index in [2.05, 4.69) is 23.2 Å². The highest BCUT2D eigenvalue weighted by Crippen LogP contribution is 2.33. The summed E-state index contributed by atoms with van der Waals surface area (Å²) in [6, 6.07) is 12.1. The average molecular weight is 437 g/mol. The Morgan fingerprint density at radius 2 is 1.97 bits per heavy atom. The van der Waals surface area contributed by atoms with Gasteiger partial charge in [-0.25, -0.2) is 0 Å². The van der Waals surface area contributed by atoms with Crippen molar-refractivity contribution >= 4 is 23.2 Å². The van der Waals surface area contributed by atoms with Crippen molar-refractivity contribution in [1.82, 2.24) is 10.2 Å². The molecule has 0 amide bonds. The maximum atomic E-state index is 6.31. The standard InChI is InChI=1S/C23H30Cl2N2O2/c1-3-27-12-6-8-20(27)15-26-14-17-7-5-9-22(28-4-2)23(17)29-16-18-10-11-19(24)13-21(18)25/h5,7,9-11,13,20,26H,3-4,6,8,12,14-16H2,1-2H3/t20-/m1/s1. The van der Waals surface area contributed by atoms with Gasteiger partial charge in [-0.2, -0.15) is 0 Å². The topological polar surface area (TPSA) is 33.7 Å². The summed E-state index contributed by atoms with van der Waals surface area (Å²) < 4.78 is 12.0. The number of likely N-dealkylation sites (tertiary alicyclic amines) is 1. The van der Waals surface area contributed by atoms with Gasteiger partial charge in [-0.15, -0.1) is 0 Å². The lowest BCUT2D eigenvalue weighted by molar-refractivity contribution is 0.256. The maximum Gasteiger partial charge on any atom is 0.166 e. The second kappa shape index (κ2) is 11.1. The van der Waals surface area contributed by atoms with E-state index >= 15 is 0 Å². The van der Waals surface area contributed by atoms with Crippen molar-refractivity contribution in [3.8, 4) is 11.5 Å². The largest absolute Gasteiger partial charge is 0.490 e. The highest BCUT2D eigenvalue weighted by molar-refractivity contribution is 6.35. The third-order valence-electron chi connectivity index (χ3n) is 5.35. The number of likely N-dealkylation sites (N-methyl/N-ethyl adjacent to an activating group) is 1. The summed E-state index contributed by atoms with van der Waals surface area (Å²) in [6.07, 6.45) is 2.55. The molecule has 6 heteroatoms. The zero-order chi connectivity index (χ0) is 20.6. The molecule has 3 rings (SSSR count). The normalized spacial score (nSPS) is 16.9. The van der Waals surface area contributed by atoms with E-state index in [1.54, 1.807) is 6.07 Å². The maximum absolute atomic E-state index is 6.31. The number of para-hydroxylation sites is 1. The molecule has 0 bridgehead atoms. The van der Waals surface area contributed by atoms with Gasteiger partial charge in [0, 0.05) is 40.3 Å². The second-order valence-electron chi connectivity index (χ2n) is 7.26. The van der Waals surface area contributed by atoms with E-state index in [9.17, 15) is 0 Å². The average Bonchev–Trinajstić information content (AvgIpc) is 3.16. The molecule has 1 N–H and O–H groups in total. The highest BCUT2D eigenvalue weighted by atomic mass is 35.5. The Balaban J connectivity index is 1.68. The Labute approximate surface area is 184 Å². The molecule has 0 spiro atoms. The van der Waals surface area contributed by atoms with E-state index in [0.717, 1.165) is 42.3 Å². The molecule has 0 aliphatic carbocycles. The van der Waals surface area contributed by atoms with Crippen LogP contribution in [0.15, 0.2) is 36.4 Å². The van der Waals surface area contributed by atoms with E-state index in [4.69, 9.17) is 32.7 Å². The summed E-state index contributed by atoms with van der Waals surface area (Å²) in [5.41, 5.74) is 1.98. The lowest BCUT2D eigenvalue weighted by atomic mass is 10.1. The van der Waals surface area contributed by atoms with Gasteiger partial charge in [0.15, 0.2) is 11.5 Å². The van der Waals surface area contributed by atoms with Crippen LogP contribution in [0, 0.1) is 0 Å². The van der Waals surface area contributed by atoms with Crippen molar-refractivity contribution in [3.63, 3.8) is 0 Å². The van der Waals surface area contributed by atoms with E-state index in [1.165, 1.54) is 19.4 Å². The van der Waals surface area contributed by atoms with Crippen LogP contribution in [0.25, 0.3) is 0 Å². The van der Waals surface area contributed by atoms with Crippen molar-refractivity contribution in [1.29, 1.82) is 0 Å².